The van der Waals surface area contributed by atoms with Gasteiger partial charge in [-0.05, 0) is 32.0 Å². The van der Waals surface area contributed by atoms with E-state index in [-0.39, 0.29) is 5.69 Å². The fourth-order valence-corrected chi connectivity index (χ4v) is 2.41. The number of nitrogens with one attached hydrogen (secondary N) is 2. The molecule has 6 nitrogen and oxygen atoms in total. The predicted octanol–water partition coefficient (Wildman–Crippen LogP) is 2.41. The molecule has 0 aliphatic rings. The first-order valence-electron chi connectivity index (χ1n) is 6.19. The second-order valence-corrected chi connectivity index (χ2v) is 6.47. The molecule has 0 atom stereocenters. The molecule has 114 valence electrons. The fraction of sp³-hybridized carbons (Fsp3) is 0.308. The van der Waals surface area contributed by atoms with Crippen LogP contribution < -0.4 is 10.0 Å². The molecule has 2 rings (SSSR count). The van der Waals surface area contributed by atoms with Crippen molar-refractivity contribution in [1.29, 1.82) is 0 Å². The maximum atomic E-state index is 13.6. The van der Waals surface area contributed by atoms with Crippen LogP contribution in [0.25, 0.3) is 0 Å². The Bertz CT molecular complexity index is 737. The molecule has 0 saturated heterocycles. The number of aryl methyl sites for hydroxylation is 2. The molecular formula is C13H16FN3O3S. The second-order valence-electron chi connectivity index (χ2n) is 4.73. The monoisotopic (exact) mass is 313 g/mol. The van der Waals surface area contributed by atoms with Crippen LogP contribution in [0.5, 0.6) is 0 Å². The van der Waals surface area contributed by atoms with Crippen molar-refractivity contribution >= 4 is 21.4 Å². The molecule has 0 bridgehead atoms. The van der Waals surface area contributed by atoms with Crippen LogP contribution >= 0.6 is 0 Å². The van der Waals surface area contributed by atoms with E-state index in [4.69, 9.17) is 4.52 Å². The number of nitrogens with zero attached hydrogens (tertiary/aromatic N) is 1. The van der Waals surface area contributed by atoms with Gasteiger partial charge in [0, 0.05) is 17.8 Å². The Hall–Kier alpha value is -2.09. The lowest BCUT2D eigenvalue weighted by molar-refractivity contribution is 0.392. The van der Waals surface area contributed by atoms with E-state index >= 15 is 0 Å². The molecule has 0 spiro atoms. The maximum Gasteiger partial charge on any atom is 0.229 e. The number of anilines is 2. The lowest BCUT2D eigenvalue weighted by Gasteiger charge is -2.10. The number of aromatic nitrogens is 1. The number of hydrogen-bond donors (Lipinski definition) is 2. The zero-order valence-corrected chi connectivity index (χ0v) is 12.7. The van der Waals surface area contributed by atoms with Crippen LogP contribution in [-0.2, 0) is 16.6 Å². The molecule has 0 amide bonds. The van der Waals surface area contributed by atoms with Crippen molar-refractivity contribution in [3.63, 3.8) is 0 Å². The Kier molecular flexibility index (Phi) is 4.17. The average Bonchev–Trinajstić information content (AvgIpc) is 2.69. The molecule has 2 N–H and O–H groups in total. The minimum Gasteiger partial charge on any atom is -0.381 e. The van der Waals surface area contributed by atoms with Crippen LogP contribution in [0.15, 0.2) is 22.7 Å². The van der Waals surface area contributed by atoms with Gasteiger partial charge < -0.3 is 9.84 Å². The van der Waals surface area contributed by atoms with Gasteiger partial charge in [-0.1, -0.05) is 5.16 Å². The van der Waals surface area contributed by atoms with Gasteiger partial charge in [0.05, 0.1) is 17.6 Å². The van der Waals surface area contributed by atoms with E-state index in [1.54, 1.807) is 6.92 Å². The van der Waals surface area contributed by atoms with Gasteiger partial charge in [0.1, 0.15) is 11.6 Å². The summed E-state index contributed by atoms with van der Waals surface area (Å²) in [6.07, 6.45) is 0.969. The SMILES string of the molecule is Cc1noc(C)c1CNc1ccc(F)c(NS(C)(=O)=O)c1. The quantitative estimate of drug-likeness (QED) is 0.885. The van der Waals surface area contributed by atoms with Crippen molar-refractivity contribution in [3.05, 3.63) is 41.0 Å². The first kappa shape index (κ1) is 15.3. The molecule has 21 heavy (non-hydrogen) atoms. The molecule has 1 heterocycles. The highest BCUT2D eigenvalue weighted by atomic mass is 32.2. The van der Waals surface area contributed by atoms with Gasteiger partial charge in [-0.25, -0.2) is 12.8 Å². The van der Waals surface area contributed by atoms with E-state index in [0.29, 0.717) is 18.0 Å². The van der Waals surface area contributed by atoms with E-state index in [0.717, 1.165) is 17.5 Å². The normalized spacial score (nSPS) is 11.4. The number of hydrogen-bond acceptors (Lipinski definition) is 5. The van der Waals surface area contributed by atoms with Gasteiger partial charge in [-0.2, -0.15) is 0 Å². The summed E-state index contributed by atoms with van der Waals surface area (Å²) in [5.74, 6) is 0.0694. The highest BCUT2D eigenvalue weighted by molar-refractivity contribution is 7.92. The molecule has 1 aromatic heterocycles. The molecule has 2 aromatic rings. The van der Waals surface area contributed by atoms with Gasteiger partial charge in [0.25, 0.3) is 0 Å². The Morgan fingerprint density at radius 2 is 2.05 bits per heavy atom. The predicted molar refractivity (Wildman–Crippen MR) is 78.2 cm³/mol. The van der Waals surface area contributed by atoms with Crippen molar-refractivity contribution in [1.82, 2.24) is 5.16 Å². The molecule has 0 fully saturated rings. The van der Waals surface area contributed by atoms with E-state index in [9.17, 15) is 12.8 Å². The Balaban J connectivity index is 2.16. The minimum absolute atomic E-state index is 0.0961. The third-order valence-corrected chi connectivity index (χ3v) is 3.50. The zero-order chi connectivity index (χ0) is 15.6. The summed E-state index contributed by atoms with van der Waals surface area (Å²) in [7, 11) is -3.53. The van der Waals surface area contributed by atoms with E-state index in [1.807, 2.05) is 6.92 Å². The number of benzene rings is 1. The summed E-state index contributed by atoms with van der Waals surface area (Å²) >= 11 is 0. The Morgan fingerprint density at radius 1 is 1.33 bits per heavy atom. The number of halogens is 1. The fourth-order valence-electron chi connectivity index (χ4n) is 1.86. The van der Waals surface area contributed by atoms with Crippen molar-refractivity contribution < 1.29 is 17.3 Å². The van der Waals surface area contributed by atoms with Crippen LogP contribution in [0.3, 0.4) is 0 Å². The van der Waals surface area contributed by atoms with E-state index < -0.39 is 15.8 Å². The average molecular weight is 313 g/mol. The topological polar surface area (TPSA) is 84.2 Å². The van der Waals surface area contributed by atoms with Gasteiger partial charge in [0.15, 0.2) is 0 Å². The first-order chi connectivity index (χ1) is 9.76. The second kappa shape index (κ2) is 5.72. The molecule has 0 radical (unpaired) electrons. The third-order valence-electron chi connectivity index (χ3n) is 2.91. The molecule has 0 aliphatic carbocycles. The largest absolute Gasteiger partial charge is 0.381 e. The minimum atomic E-state index is -3.53. The van der Waals surface area contributed by atoms with Crippen LogP contribution in [0.1, 0.15) is 17.0 Å². The van der Waals surface area contributed by atoms with Gasteiger partial charge >= 0.3 is 0 Å². The Labute approximate surface area is 122 Å². The number of rotatable bonds is 5. The lowest BCUT2D eigenvalue weighted by atomic mass is 10.2. The molecule has 0 saturated carbocycles. The summed E-state index contributed by atoms with van der Waals surface area (Å²) in [6.45, 7) is 4.08. The van der Waals surface area contributed by atoms with Crippen molar-refractivity contribution in [2.75, 3.05) is 16.3 Å². The molecule has 0 unspecified atom stereocenters. The molecule has 0 aliphatic heterocycles. The number of sulfonamides is 1. The van der Waals surface area contributed by atoms with Gasteiger partial charge in [-0.3, -0.25) is 4.72 Å². The van der Waals surface area contributed by atoms with Crippen LogP contribution in [-0.4, -0.2) is 19.8 Å². The highest BCUT2D eigenvalue weighted by Crippen LogP contribution is 2.22. The summed E-state index contributed by atoms with van der Waals surface area (Å²) in [5.41, 5.74) is 2.18. The molecule has 8 heteroatoms. The third kappa shape index (κ3) is 3.94. The first-order valence-corrected chi connectivity index (χ1v) is 8.08. The summed E-state index contributed by atoms with van der Waals surface area (Å²) in [4.78, 5) is 0. The van der Waals surface area contributed by atoms with E-state index in [1.165, 1.54) is 18.2 Å². The van der Waals surface area contributed by atoms with E-state index in [2.05, 4.69) is 15.2 Å². The van der Waals surface area contributed by atoms with Crippen LogP contribution in [0.4, 0.5) is 15.8 Å². The van der Waals surface area contributed by atoms with Crippen molar-refractivity contribution in [3.8, 4) is 0 Å². The Morgan fingerprint density at radius 3 is 2.62 bits per heavy atom. The van der Waals surface area contributed by atoms with Gasteiger partial charge in [0.2, 0.25) is 10.0 Å². The summed E-state index contributed by atoms with van der Waals surface area (Å²) in [5, 5.41) is 6.92. The molecule has 1 aromatic carbocycles. The van der Waals surface area contributed by atoms with Crippen LogP contribution in [0, 0.1) is 19.7 Å². The van der Waals surface area contributed by atoms with Crippen LogP contribution in [0.2, 0.25) is 0 Å². The maximum absolute atomic E-state index is 13.6. The molecular weight excluding hydrogens is 297 g/mol. The van der Waals surface area contributed by atoms with Gasteiger partial charge in [-0.15, -0.1) is 0 Å². The zero-order valence-electron chi connectivity index (χ0n) is 11.9. The van der Waals surface area contributed by atoms with Crippen molar-refractivity contribution in [2.24, 2.45) is 0 Å². The van der Waals surface area contributed by atoms with Crippen molar-refractivity contribution in [2.45, 2.75) is 20.4 Å². The highest BCUT2D eigenvalue weighted by Gasteiger charge is 2.11. The lowest BCUT2D eigenvalue weighted by Crippen LogP contribution is -2.11. The summed E-state index contributed by atoms with van der Waals surface area (Å²) in [6, 6.07) is 4.12. The summed E-state index contributed by atoms with van der Waals surface area (Å²) < 4.78 is 43.1. The standard InChI is InChI=1S/C13H16FN3O3S/c1-8-11(9(2)20-16-8)7-15-10-4-5-12(14)13(6-10)17-21(3,18)19/h4-6,15,17H,7H2,1-3H3. The smallest absolute Gasteiger partial charge is 0.229 e.